The molecule has 0 radical (unpaired) electrons. The van der Waals surface area contributed by atoms with Gasteiger partial charge in [0.1, 0.15) is 17.2 Å². The summed E-state index contributed by atoms with van der Waals surface area (Å²) < 4.78 is 5.85. The Balaban J connectivity index is 1.25. The minimum absolute atomic E-state index is 0.0386. The van der Waals surface area contributed by atoms with Gasteiger partial charge in [0.25, 0.3) is 0 Å². The molecule has 4 rings (SSSR count). The number of nitrogens with zero attached hydrogens (tertiary/aromatic N) is 2. The predicted molar refractivity (Wildman–Crippen MR) is 123 cm³/mol. The third-order valence-corrected chi connectivity index (χ3v) is 5.33. The highest BCUT2D eigenvalue weighted by Crippen LogP contribution is 2.27. The Kier molecular flexibility index (Phi) is 6.38. The van der Waals surface area contributed by atoms with Crippen LogP contribution in [-0.4, -0.2) is 48.6 Å². The number of piperazine rings is 1. The van der Waals surface area contributed by atoms with Gasteiger partial charge in [-0.15, -0.1) is 0 Å². The Morgan fingerprint density at radius 1 is 0.935 bits per heavy atom. The second-order valence-electron chi connectivity index (χ2n) is 7.74. The minimum Gasteiger partial charge on any atom is -0.506 e. The zero-order valence-electron chi connectivity index (χ0n) is 17.6. The Bertz CT molecular complexity index is 1030. The fraction of sp³-hybridized carbons (Fsp3) is 0.240. The molecule has 0 spiro atoms. The highest BCUT2D eigenvalue weighted by molar-refractivity contribution is 5.92. The Morgan fingerprint density at radius 2 is 1.68 bits per heavy atom. The Labute approximate surface area is 182 Å². The van der Waals surface area contributed by atoms with Gasteiger partial charge in [-0.3, -0.25) is 9.69 Å². The van der Waals surface area contributed by atoms with E-state index in [9.17, 15) is 9.90 Å². The van der Waals surface area contributed by atoms with Crippen molar-refractivity contribution >= 4 is 17.3 Å². The minimum atomic E-state index is -0.0386. The lowest BCUT2D eigenvalue weighted by atomic mass is 10.2. The van der Waals surface area contributed by atoms with Crippen LogP contribution in [0.1, 0.15) is 5.56 Å². The van der Waals surface area contributed by atoms with Gasteiger partial charge in [-0.2, -0.15) is 0 Å². The number of benzene rings is 3. The summed E-state index contributed by atoms with van der Waals surface area (Å²) in [5.74, 6) is 1.77. The van der Waals surface area contributed by atoms with E-state index in [1.54, 1.807) is 6.07 Å². The van der Waals surface area contributed by atoms with E-state index in [1.165, 1.54) is 0 Å². The number of aromatic hydroxyl groups is 1. The van der Waals surface area contributed by atoms with Crippen LogP contribution in [0.25, 0.3) is 0 Å². The van der Waals surface area contributed by atoms with Crippen LogP contribution < -0.4 is 15.0 Å². The van der Waals surface area contributed by atoms with Crippen molar-refractivity contribution in [2.75, 3.05) is 42.9 Å². The first-order valence-corrected chi connectivity index (χ1v) is 10.5. The van der Waals surface area contributed by atoms with Crippen LogP contribution in [0.15, 0.2) is 72.8 Å². The highest BCUT2D eigenvalue weighted by Gasteiger charge is 2.20. The van der Waals surface area contributed by atoms with Gasteiger partial charge in [0.05, 0.1) is 12.2 Å². The van der Waals surface area contributed by atoms with Crippen molar-refractivity contribution in [3.8, 4) is 17.2 Å². The number of amides is 1. The van der Waals surface area contributed by atoms with Gasteiger partial charge in [-0.05, 0) is 61.0 Å². The van der Waals surface area contributed by atoms with Gasteiger partial charge in [-0.1, -0.05) is 24.3 Å². The molecule has 0 aromatic heterocycles. The number of phenols is 1. The Hall–Kier alpha value is -3.51. The average molecular weight is 418 g/mol. The van der Waals surface area contributed by atoms with Gasteiger partial charge in [-0.25, -0.2) is 0 Å². The molecule has 3 aromatic rings. The van der Waals surface area contributed by atoms with E-state index in [0.717, 1.165) is 54.6 Å². The maximum Gasteiger partial charge on any atom is 0.238 e. The van der Waals surface area contributed by atoms with Crippen LogP contribution in [0.5, 0.6) is 17.2 Å². The van der Waals surface area contributed by atoms with E-state index in [2.05, 4.69) is 15.1 Å². The summed E-state index contributed by atoms with van der Waals surface area (Å²) in [6.07, 6.45) is 0. The van der Waals surface area contributed by atoms with Crippen molar-refractivity contribution in [1.29, 1.82) is 0 Å². The number of hydrogen-bond acceptors (Lipinski definition) is 5. The molecule has 1 amide bonds. The molecular weight excluding hydrogens is 390 g/mol. The van der Waals surface area contributed by atoms with E-state index in [4.69, 9.17) is 4.74 Å². The van der Waals surface area contributed by atoms with Crippen LogP contribution >= 0.6 is 0 Å². The maximum atomic E-state index is 12.5. The molecule has 1 aliphatic heterocycles. The number of nitrogens with one attached hydrogen (secondary N) is 1. The number of phenolic OH excluding ortho intramolecular Hbond substituents is 1. The van der Waals surface area contributed by atoms with E-state index < -0.39 is 0 Å². The molecular formula is C25H27N3O3. The molecule has 3 aromatic carbocycles. The molecule has 31 heavy (non-hydrogen) atoms. The van der Waals surface area contributed by atoms with E-state index in [-0.39, 0.29) is 5.91 Å². The number of para-hydroxylation sites is 2. The van der Waals surface area contributed by atoms with Crippen LogP contribution in [0.2, 0.25) is 0 Å². The number of carbonyl (C=O) groups excluding carboxylic acids is 1. The van der Waals surface area contributed by atoms with Crippen molar-refractivity contribution in [1.82, 2.24) is 4.90 Å². The molecule has 1 saturated heterocycles. The zero-order chi connectivity index (χ0) is 21.6. The van der Waals surface area contributed by atoms with Gasteiger partial charge in [0.15, 0.2) is 0 Å². The topological polar surface area (TPSA) is 65.0 Å². The summed E-state index contributed by atoms with van der Waals surface area (Å²) in [5, 5.41) is 13.0. The fourth-order valence-electron chi connectivity index (χ4n) is 3.70. The van der Waals surface area contributed by atoms with Crippen molar-refractivity contribution in [2.24, 2.45) is 0 Å². The van der Waals surface area contributed by atoms with Crippen molar-refractivity contribution in [3.63, 3.8) is 0 Å². The summed E-state index contributed by atoms with van der Waals surface area (Å²) in [7, 11) is 0. The number of carbonyl (C=O) groups is 1. The molecule has 1 fully saturated rings. The first kappa shape index (κ1) is 20.8. The number of ether oxygens (including phenoxy) is 1. The maximum absolute atomic E-state index is 12.5. The first-order valence-electron chi connectivity index (χ1n) is 10.5. The molecule has 0 bridgehead atoms. The third-order valence-electron chi connectivity index (χ3n) is 5.33. The van der Waals surface area contributed by atoms with Crippen LogP contribution in [0.3, 0.4) is 0 Å². The second-order valence-corrected chi connectivity index (χ2v) is 7.74. The fourth-order valence-corrected chi connectivity index (χ4v) is 3.70. The smallest absolute Gasteiger partial charge is 0.238 e. The summed E-state index contributed by atoms with van der Waals surface area (Å²) in [4.78, 5) is 16.7. The molecule has 0 atom stereocenters. The van der Waals surface area contributed by atoms with E-state index in [0.29, 0.717) is 12.3 Å². The molecule has 6 nitrogen and oxygen atoms in total. The molecule has 160 valence electrons. The number of anilines is 2. The number of hydrogen-bond donors (Lipinski definition) is 2. The largest absolute Gasteiger partial charge is 0.506 e. The molecule has 1 aliphatic rings. The third kappa shape index (κ3) is 5.55. The van der Waals surface area contributed by atoms with Crippen LogP contribution in [-0.2, 0) is 4.79 Å². The van der Waals surface area contributed by atoms with E-state index in [1.807, 2.05) is 73.7 Å². The molecule has 0 aliphatic carbocycles. The van der Waals surface area contributed by atoms with Crippen molar-refractivity contribution in [3.05, 3.63) is 78.4 Å². The van der Waals surface area contributed by atoms with Gasteiger partial charge >= 0.3 is 0 Å². The lowest BCUT2D eigenvalue weighted by Gasteiger charge is -2.35. The molecule has 6 heteroatoms. The summed E-state index contributed by atoms with van der Waals surface area (Å²) in [6, 6.07) is 22.6. The summed E-state index contributed by atoms with van der Waals surface area (Å²) in [5.41, 5.74) is 2.73. The second kappa shape index (κ2) is 9.53. The lowest BCUT2D eigenvalue weighted by Crippen LogP contribution is -2.48. The number of rotatable bonds is 6. The first-order chi connectivity index (χ1) is 15.1. The van der Waals surface area contributed by atoms with E-state index >= 15 is 0 Å². The summed E-state index contributed by atoms with van der Waals surface area (Å²) in [6.45, 7) is 5.45. The average Bonchev–Trinajstić information content (AvgIpc) is 2.76. The Morgan fingerprint density at radius 3 is 2.39 bits per heavy atom. The normalized spacial score (nSPS) is 14.3. The lowest BCUT2D eigenvalue weighted by molar-refractivity contribution is -0.117. The van der Waals surface area contributed by atoms with Gasteiger partial charge in [0, 0.05) is 31.9 Å². The molecule has 0 saturated carbocycles. The quantitative estimate of drug-likeness (QED) is 0.628. The zero-order valence-corrected chi connectivity index (χ0v) is 17.6. The monoisotopic (exact) mass is 417 g/mol. The number of aryl methyl sites for hydroxylation is 1. The molecule has 1 heterocycles. The molecule has 2 N–H and O–H groups in total. The SMILES string of the molecule is Cc1cccc(Oc2ccc(NC(=O)CN3CCN(c4ccccc4O)CC3)cc2)c1. The van der Waals surface area contributed by atoms with Crippen molar-refractivity contribution in [2.45, 2.75) is 6.92 Å². The van der Waals surface area contributed by atoms with Gasteiger partial charge < -0.3 is 20.1 Å². The standard InChI is InChI=1S/C25H27N3O3/c1-19-5-4-6-22(17-19)31-21-11-9-20(10-12-21)26-25(30)18-27-13-15-28(16-14-27)23-7-2-3-8-24(23)29/h2-12,17,29H,13-16,18H2,1H3,(H,26,30). The molecule has 0 unspecified atom stereocenters. The van der Waals surface area contributed by atoms with Crippen molar-refractivity contribution < 1.29 is 14.6 Å². The predicted octanol–water partition coefficient (Wildman–Crippen LogP) is 4.25. The highest BCUT2D eigenvalue weighted by atomic mass is 16.5. The van der Waals surface area contributed by atoms with Crippen LogP contribution in [0.4, 0.5) is 11.4 Å². The van der Waals surface area contributed by atoms with Gasteiger partial charge in [0.2, 0.25) is 5.91 Å². The summed E-state index contributed by atoms with van der Waals surface area (Å²) >= 11 is 0. The van der Waals surface area contributed by atoms with Crippen LogP contribution in [0, 0.1) is 6.92 Å².